The molecule has 1 aromatic rings. The Morgan fingerprint density at radius 1 is 1.33 bits per heavy atom. The first-order valence-electron chi connectivity index (χ1n) is 8.93. The molecule has 136 valence electrons. The zero-order valence-electron chi connectivity index (χ0n) is 15.3. The highest BCUT2D eigenvalue weighted by Gasteiger charge is 2.15. The van der Waals surface area contributed by atoms with E-state index < -0.39 is 0 Å². The van der Waals surface area contributed by atoms with Gasteiger partial charge < -0.3 is 15.5 Å². The van der Waals surface area contributed by atoms with Crippen molar-refractivity contribution >= 4 is 29.9 Å². The van der Waals surface area contributed by atoms with E-state index >= 15 is 0 Å². The van der Waals surface area contributed by atoms with Gasteiger partial charge in [0.2, 0.25) is 0 Å². The Morgan fingerprint density at radius 3 is 2.75 bits per heavy atom. The number of nitrogens with one attached hydrogen (secondary N) is 2. The van der Waals surface area contributed by atoms with E-state index in [-0.39, 0.29) is 30.0 Å². The van der Waals surface area contributed by atoms with Crippen molar-refractivity contribution in [1.82, 2.24) is 15.5 Å². The van der Waals surface area contributed by atoms with Crippen LogP contribution in [-0.4, -0.2) is 44.1 Å². The third-order valence-electron chi connectivity index (χ3n) is 4.56. The van der Waals surface area contributed by atoms with E-state index in [1.807, 2.05) is 13.1 Å². The second kappa shape index (κ2) is 11.7. The fourth-order valence-electron chi connectivity index (χ4n) is 3.22. The van der Waals surface area contributed by atoms with E-state index in [0.717, 1.165) is 24.8 Å². The highest BCUT2D eigenvalue weighted by Crippen LogP contribution is 2.15. The molecule has 2 rings (SSSR count). The molecule has 2 atom stereocenters. The number of likely N-dealkylation sites (tertiary alicyclic amines) is 1. The second-order valence-electron chi connectivity index (χ2n) is 6.68. The van der Waals surface area contributed by atoms with Gasteiger partial charge in [-0.3, -0.25) is 4.99 Å². The lowest BCUT2D eigenvalue weighted by Crippen LogP contribution is -2.41. The van der Waals surface area contributed by atoms with Crippen LogP contribution in [0.2, 0.25) is 0 Å². The molecule has 0 spiro atoms. The number of piperidine rings is 1. The number of rotatable bonds is 6. The predicted molar refractivity (Wildman–Crippen MR) is 114 cm³/mol. The van der Waals surface area contributed by atoms with Crippen molar-refractivity contribution in [3.05, 3.63) is 35.9 Å². The Hall–Kier alpha value is -0.820. The molecular formula is C19H33IN4. The molecule has 5 heteroatoms. The Bertz CT molecular complexity index is 478. The largest absolute Gasteiger partial charge is 0.356 e. The van der Waals surface area contributed by atoms with Gasteiger partial charge in [-0.25, -0.2) is 0 Å². The van der Waals surface area contributed by atoms with Crippen molar-refractivity contribution in [3.63, 3.8) is 0 Å². The normalized spacial score (nSPS) is 20.1. The van der Waals surface area contributed by atoms with Crippen LogP contribution >= 0.6 is 24.0 Å². The zero-order chi connectivity index (χ0) is 16.5. The lowest BCUT2D eigenvalue weighted by molar-refractivity contribution is 0.182. The summed E-state index contributed by atoms with van der Waals surface area (Å²) in [7, 11) is 1.83. The molecule has 1 saturated heterocycles. The number of benzene rings is 1. The summed E-state index contributed by atoms with van der Waals surface area (Å²) in [5.74, 6) is 1.74. The van der Waals surface area contributed by atoms with Gasteiger partial charge in [0.25, 0.3) is 0 Å². The van der Waals surface area contributed by atoms with E-state index in [1.54, 1.807) is 0 Å². The Labute approximate surface area is 164 Å². The number of guanidine groups is 1. The van der Waals surface area contributed by atoms with Crippen molar-refractivity contribution < 1.29 is 0 Å². The number of hydrogen-bond acceptors (Lipinski definition) is 2. The van der Waals surface area contributed by atoms with E-state index in [4.69, 9.17) is 0 Å². The monoisotopic (exact) mass is 444 g/mol. The SMILES string of the molecule is CN=C(NCCCN1CCCC(C)C1)NC(C)c1ccccc1.I. The van der Waals surface area contributed by atoms with E-state index in [1.165, 1.54) is 38.0 Å². The molecule has 24 heavy (non-hydrogen) atoms. The third-order valence-corrected chi connectivity index (χ3v) is 4.56. The molecule has 1 fully saturated rings. The number of nitrogens with zero attached hydrogens (tertiary/aromatic N) is 2. The highest BCUT2D eigenvalue weighted by atomic mass is 127. The summed E-state index contributed by atoms with van der Waals surface area (Å²) in [6, 6.07) is 10.7. The molecule has 0 bridgehead atoms. The molecule has 1 heterocycles. The van der Waals surface area contributed by atoms with Crippen molar-refractivity contribution in [1.29, 1.82) is 0 Å². The summed E-state index contributed by atoms with van der Waals surface area (Å²) in [5, 5.41) is 6.89. The molecule has 1 aromatic carbocycles. The molecular weight excluding hydrogens is 411 g/mol. The maximum absolute atomic E-state index is 4.33. The van der Waals surface area contributed by atoms with E-state index in [2.05, 4.69) is 58.6 Å². The van der Waals surface area contributed by atoms with Crippen LogP contribution in [-0.2, 0) is 0 Å². The topological polar surface area (TPSA) is 39.7 Å². The smallest absolute Gasteiger partial charge is 0.191 e. The van der Waals surface area contributed by atoms with Gasteiger partial charge in [-0.05, 0) is 50.8 Å². The van der Waals surface area contributed by atoms with E-state index in [9.17, 15) is 0 Å². The minimum absolute atomic E-state index is 0. The van der Waals surface area contributed by atoms with Gasteiger partial charge in [-0.15, -0.1) is 24.0 Å². The van der Waals surface area contributed by atoms with Crippen LogP contribution in [0.4, 0.5) is 0 Å². The molecule has 2 N–H and O–H groups in total. The van der Waals surface area contributed by atoms with Gasteiger partial charge in [0.15, 0.2) is 5.96 Å². The molecule has 0 amide bonds. The summed E-state index contributed by atoms with van der Waals surface area (Å²) < 4.78 is 0. The number of halogens is 1. The Morgan fingerprint density at radius 2 is 2.08 bits per heavy atom. The van der Waals surface area contributed by atoms with Crippen molar-refractivity contribution in [2.24, 2.45) is 10.9 Å². The van der Waals surface area contributed by atoms with Gasteiger partial charge in [0.1, 0.15) is 0 Å². The standard InChI is InChI=1S/C19H32N4.HI/c1-16-9-7-13-23(15-16)14-8-12-21-19(20-3)22-17(2)18-10-5-4-6-11-18;/h4-6,10-11,16-17H,7-9,12-15H2,1-3H3,(H2,20,21,22);1H. The fourth-order valence-corrected chi connectivity index (χ4v) is 3.22. The highest BCUT2D eigenvalue weighted by molar-refractivity contribution is 14.0. The van der Waals surface area contributed by atoms with Crippen LogP contribution in [0.3, 0.4) is 0 Å². The molecule has 0 radical (unpaired) electrons. The average molecular weight is 444 g/mol. The van der Waals surface area contributed by atoms with Crippen LogP contribution in [0, 0.1) is 5.92 Å². The van der Waals surface area contributed by atoms with Crippen LogP contribution in [0.15, 0.2) is 35.3 Å². The lowest BCUT2D eigenvalue weighted by Gasteiger charge is -2.30. The minimum atomic E-state index is 0. The zero-order valence-corrected chi connectivity index (χ0v) is 17.6. The summed E-state index contributed by atoms with van der Waals surface area (Å²) >= 11 is 0. The molecule has 4 nitrogen and oxygen atoms in total. The van der Waals surface area contributed by atoms with E-state index in [0.29, 0.717) is 0 Å². The summed E-state index contributed by atoms with van der Waals surface area (Å²) in [6.45, 7) is 9.20. The Kier molecular flexibility index (Phi) is 10.3. The van der Waals surface area contributed by atoms with Crippen LogP contribution in [0.25, 0.3) is 0 Å². The van der Waals surface area contributed by atoms with Crippen LogP contribution in [0.1, 0.15) is 44.7 Å². The van der Waals surface area contributed by atoms with Crippen LogP contribution in [0.5, 0.6) is 0 Å². The van der Waals surface area contributed by atoms with Gasteiger partial charge in [0, 0.05) is 20.1 Å². The minimum Gasteiger partial charge on any atom is -0.356 e. The first kappa shape index (κ1) is 21.2. The van der Waals surface area contributed by atoms with Gasteiger partial charge in [-0.1, -0.05) is 37.3 Å². The summed E-state index contributed by atoms with van der Waals surface area (Å²) in [5.41, 5.74) is 1.28. The van der Waals surface area contributed by atoms with Gasteiger partial charge >= 0.3 is 0 Å². The fraction of sp³-hybridized carbons (Fsp3) is 0.632. The maximum Gasteiger partial charge on any atom is 0.191 e. The third kappa shape index (κ3) is 7.38. The first-order chi connectivity index (χ1) is 11.2. The van der Waals surface area contributed by atoms with Gasteiger partial charge in [0.05, 0.1) is 6.04 Å². The molecule has 1 aliphatic rings. The van der Waals surface area contributed by atoms with Crippen molar-refractivity contribution in [3.8, 4) is 0 Å². The first-order valence-corrected chi connectivity index (χ1v) is 8.93. The molecule has 2 unspecified atom stereocenters. The number of aliphatic imine (C=N–C) groups is 1. The quantitative estimate of drug-likeness (QED) is 0.305. The Balaban J connectivity index is 0.00000288. The average Bonchev–Trinajstić information content (AvgIpc) is 2.58. The molecule has 0 aliphatic carbocycles. The molecule has 1 aliphatic heterocycles. The van der Waals surface area contributed by atoms with Gasteiger partial charge in [-0.2, -0.15) is 0 Å². The summed E-state index contributed by atoms with van der Waals surface area (Å²) in [4.78, 5) is 6.93. The molecule has 0 aromatic heterocycles. The van der Waals surface area contributed by atoms with Crippen molar-refractivity contribution in [2.75, 3.05) is 33.2 Å². The maximum atomic E-state index is 4.33. The molecule has 0 saturated carbocycles. The van der Waals surface area contributed by atoms with Crippen LogP contribution < -0.4 is 10.6 Å². The van der Waals surface area contributed by atoms with Crippen molar-refractivity contribution in [2.45, 2.75) is 39.2 Å². The predicted octanol–water partition coefficient (Wildman–Crippen LogP) is 3.65. The summed E-state index contributed by atoms with van der Waals surface area (Å²) in [6.07, 6.45) is 3.90. The number of hydrogen-bond donors (Lipinski definition) is 2. The second-order valence-corrected chi connectivity index (χ2v) is 6.68. The lowest BCUT2D eigenvalue weighted by atomic mass is 10.0.